The van der Waals surface area contributed by atoms with E-state index in [2.05, 4.69) is 6.07 Å². The van der Waals surface area contributed by atoms with E-state index in [1.807, 2.05) is 30.3 Å². The van der Waals surface area contributed by atoms with E-state index in [9.17, 15) is 0 Å². The van der Waals surface area contributed by atoms with Crippen molar-refractivity contribution in [2.24, 2.45) is 0 Å². The number of rotatable bonds is 1. The molecule has 1 aromatic rings. The van der Waals surface area contributed by atoms with Crippen LogP contribution in [-0.4, -0.2) is 6.61 Å². The van der Waals surface area contributed by atoms with Gasteiger partial charge in [0.05, 0.1) is 6.61 Å². The van der Waals surface area contributed by atoms with Crippen LogP contribution in [0.2, 0.25) is 0 Å². The monoisotopic (exact) mass is 159 g/mol. The Kier molecular flexibility index (Phi) is 1.60. The lowest BCUT2D eigenvalue weighted by Crippen LogP contribution is -2.39. The Balaban J connectivity index is 2.36. The van der Waals surface area contributed by atoms with Gasteiger partial charge < -0.3 is 4.74 Å². The first-order valence-electron chi connectivity index (χ1n) is 3.98. The number of ether oxygens (including phenoxy) is 1. The number of benzene rings is 1. The highest BCUT2D eigenvalue weighted by Gasteiger charge is 2.40. The van der Waals surface area contributed by atoms with Crippen molar-refractivity contribution in [2.45, 2.75) is 12.0 Å². The van der Waals surface area contributed by atoms with Crippen LogP contribution in [0.15, 0.2) is 30.3 Å². The average molecular weight is 159 g/mol. The van der Waals surface area contributed by atoms with Gasteiger partial charge in [-0.1, -0.05) is 30.3 Å². The van der Waals surface area contributed by atoms with Crippen molar-refractivity contribution in [1.29, 1.82) is 5.26 Å². The Morgan fingerprint density at radius 2 is 2.00 bits per heavy atom. The predicted molar refractivity (Wildman–Crippen MR) is 44.3 cm³/mol. The summed E-state index contributed by atoms with van der Waals surface area (Å²) < 4.78 is 5.29. The van der Waals surface area contributed by atoms with Gasteiger partial charge in [0.25, 0.3) is 0 Å². The first-order chi connectivity index (χ1) is 5.87. The van der Waals surface area contributed by atoms with Crippen LogP contribution < -0.4 is 0 Å². The zero-order chi connectivity index (χ0) is 8.44. The van der Waals surface area contributed by atoms with E-state index >= 15 is 0 Å². The Hall–Kier alpha value is -1.33. The van der Waals surface area contributed by atoms with E-state index in [1.54, 1.807) is 0 Å². The summed E-state index contributed by atoms with van der Waals surface area (Å²) in [5.74, 6) is 0. The smallest absolute Gasteiger partial charge is 0.181 e. The highest BCUT2D eigenvalue weighted by Crippen LogP contribution is 2.36. The van der Waals surface area contributed by atoms with E-state index in [0.29, 0.717) is 6.61 Å². The second-order valence-corrected chi connectivity index (χ2v) is 2.90. The van der Waals surface area contributed by atoms with Crippen molar-refractivity contribution >= 4 is 0 Å². The minimum atomic E-state index is -0.638. The molecule has 1 atom stereocenters. The minimum absolute atomic E-state index is 0.638. The summed E-state index contributed by atoms with van der Waals surface area (Å²) in [6.45, 7) is 0.697. The molecule has 0 bridgehead atoms. The first-order valence-corrected chi connectivity index (χ1v) is 3.98. The number of nitriles is 1. The molecular formula is C10H9NO. The molecule has 12 heavy (non-hydrogen) atoms. The van der Waals surface area contributed by atoms with Crippen LogP contribution in [0, 0.1) is 11.3 Å². The molecule has 60 valence electrons. The maximum atomic E-state index is 8.91. The largest absolute Gasteiger partial charge is 0.356 e. The van der Waals surface area contributed by atoms with Crippen molar-refractivity contribution < 1.29 is 4.74 Å². The highest BCUT2D eigenvalue weighted by molar-refractivity contribution is 5.30. The fourth-order valence-corrected chi connectivity index (χ4v) is 1.39. The summed E-state index contributed by atoms with van der Waals surface area (Å²) in [7, 11) is 0. The topological polar surface area (TPSA) is 33.0 Å². The highest BCUT2D eigenvalue weighted by atomic mass is 16.5. The molecule has 1 saturated heterocycles. The first kappa shape index (κ1) is 7.33. The van der Waals surface area contributed by atoms with Crippen LogP contribution in [0.1, 0.15) is 12.0 Å². The van der Waals surface area contributed by atoms with E-state index < -0.39 is 5.60 Å². The third kappa shape index (κ3) is 0.910. The normalized spacial score (nSPS) is 27.2. The average Bonchev–Trinajstić information content (AvgIpc) is 2.05. The van der Waals surface area contributed by atoms with Crippen LogP contribution in [0.5, 0.6) is 0 Å². The lowest BCUT2D eigenvalue weighted by atomic mass is 9.88. The van der Waals surface area contributed by atoms with E-state index in [-0.39, 0.29) is 0 Å². The van der Waals surface area contributed by atoms with Gasteiger partial charge in [-0.2, -0.15) is 5.26 Å². The van der Waals surface area contributed by atoms with Crippen LogP contribution in [0.4, 0.5) is 0 Å². The summed E-state index contributed by atoms with van der Waals surface area (Å²) in [6, 6.07) is 11.9. The van der Waals surface area contributed by atoms with Crippen molar-refractivity contribution in [3.63, 3.8) is 0 Å². The van der Waals surface area contributed by atoms with Crippen molar-refractivity contribution in [2.75, 3.05) is 6.61 Å². The van der Waals surface area contributed by atoms with Crippen LogP contribution >= 0.6 is 0 Å². The molecule has 2 heteroatoms. The summed E-state index contributed by atoms with van der Waals surface area (Å²) in [5.41, 5.74) is 0.333. The van der Waals surface area contributed by atoms with Gasteiger partial charge in [0.1, 0.15) is 6.07 Å². The maximum absolute atomic E-state index is 8.91. The molecule has 1 aliphatic rings. The molecular weight excluding hydrogens is 150 g/mol. The van der Waals surface area contributed by atoms with Crippen molar-refractivity contribution in [1.82, 2.24) is 0 Å². The molecule has 0 unspecified atom stereocenters. The Labute approximate surface area is 71.4 Å². The number of nitrogens with zero attached hydrogens (tertiary/aromatic N) is 1. The molecule has 0 spiro atoms. The van der Waals surface area contributed by atoms with Gasteiger partial charge >= 0.3 is 0 Å². The summed E-state index contributed by atoms with van der Waals surface area (Å²) >= 11 is 0. The lowest BCUT2D eigenvalue weighted by Gasteiger charge is -2.35. The quantitative estimate of drug-likeness (QED) is 0.626. The van der Waals surface area contributed by atoms with Crippen LogP contribution in [-0.2, 0) is 10.3 Å². The molecule has 2 rings (SSSR count). The second kappa shape index (κ2) is 2.62. The Morgan fingerprint density at radius 1 is 1.33 bits per heavy atom. The summed E-state index contributed by atoms with van der Waals surface area (Å²) in [4.78, 5) is 0. The molecule has 1 aromatic carbocycles. The molecule has 1 aliphatic heterocycles. The molecule has 0 aliphatic carbocycles. The van der Waals surface area contributed by atoms with Crippen LogP contribution in [0.25, 0.3) is 0 Å². The number of hydrogen-bond acceptors (Lipinski definition) is 2. The standard InChI is InChI=1S/C10H9NO/c11-8-10(6-7-12-10)9-4-2-1-3-5-9/h1-5H,6-7H2/t10-/m1/s1. The SMILES string of the molecule is N#C[C@@]1(c2ccccc2)CCO1. The molecule has 1 heterocycles. The van der Waals surface area contributed by atoms with Gasteiger partial charge in [-0.25, -0.2) is 0 Å². The van der Waals surface area contributed by atoms with Crippen molar-refractivity contribution in [3.05, 3.63) is 35.9 Å². The molecule has 1 fully saturated rings. The third-order valence-electron chi connectivity index (χ3n) is 2.22. The van der Waals surface area contributed by atoms with Gasteiger partial charge in [0, 0.05) is 6.42 Å². The molecule has 0 radical (unpaired) electrons. The molecule has 2 nitrogen and oxygen atoms in total. The van der Waals surface area contributed by atoms with Gasteiger partial charge in [-0.05, 0) is 5.56 Å². The van der Waals surface area contributed by atoms with Crippen LogP contribution in [0.3, 0.4) is 0 Å². The summed E-state index contributed by atoms with van der Waals surface area (Å²) in [5, 5.41) is 8.91. The maximum Gasteiger partial charge on any atom is 0.181 e. The van der Waals surface area contributed by atoms with E-state index in [4.69, 9.17) is 10.00 Å². The lowest BCUT2D eigenvalue weighted by molar-refractivity contribution is -0.112. The van der Waals surface area contributed by atoms with Crippen molar-refractivity contribution in [3.8, 4) is 6.07 Å². The molecule has 0 amide bonds. The predicted octanol–water partition coefficient (Wildman–Crippen LogP) is 1.83. The minimum Gasteiger partial charge on any atom is -0.356 e. The van der Waals surface area contributed by atoms with E-state index in [0.717, 1.165) is 12.0 Å². The Bertz CT molecular complexity index is 308. The second-order valence-electron chi connectivity index (χ2n) is 2.90. The van der Waals surface area contributed by atoms with Gasteiger partial charge in [0.2, 0.25) is 0 Å². The zero-order valence-corrected chi connectivity index (χ0v) is 6.66. The van der Waals surface area contributed by atoms with Gasteiger partial charge in [-0.3, -0.25) is 0 Å². The van der Waals surface area contributed by atoms with Gasteiger partial charge in [-0.15, -0.1) is 0 Å². The number of hydrogen-bond donors (Lipinski definition) is 0. The van der Waals surface area contributed by atoms with E-state index in [1.165, 1.54) is 0 Å². The fourth-order valence-electron chi connectivity index (χ4n) is 1.39. The Morgan fingerprint density at radius 3 is 2.42 bits per heavy atom. The molecule has 0 saturated carbocycles. The zero-order valence-electron chi connectivity index (χ0n) is 6.66. The fraction of sp³-hybridized carbons (Fsp3) is 0.300. The van der Waals surface area contributed by atoms with Gasteiger partial charge in [0.15, 0.2) is 5.60 Å². The molecule has 0 N–H and O–H groups in total. The summed E-state index contributed by atoms with van der Waals surface area (Å²) in [6.07, 6.45) is 0.813. The molecule has 0 aromatic heterocycles. The third-order valence-corrected chi connectivity index (χ3v) is 2.22.